The third kappa shape index (κ3) is 2.20. The van der Waals surface area contributed by atoms with Crippen LogP contribution in [-0.2, 0) is 4.79 Å². The third-order valence-electron chi connectivity index (χ3n) is 2.76. The highest BCUT2D eigenvalue weighted by Crippen LogP contribution is 2.26. The summed E-state index contributed by atoms with van der Waals surface area (Å²) in [5.41, 5.74) is 0. The van der Waals surface area contributed by atoms with Gasteiger partial charge < -0.3 is 9.80 Å². The first-order valence-corrected chi connectivity index (χ1v) is 6.84. The van der Waals surface area contributed by atoms with Gasteiger partial charge >= 0.3 is 6.03 Å². The molecule has 0 aliphatic carbocycles. The summed E-state index contributed by atoms with van der Waals surface area (Å²) >= 11 is 6.78. The molecular formula is C9H12Br2N4O2. The summed E-state index contributed by atoms with van der Waals surface area (Å²) in [7, 11) is 1.63. The van der Waals surface area contributed by atoms with Crippen LogP contribution in [0.1, 0.15) is 6.92 Å². The molecule has 3 amide bonds. The van der Waals surface area contributed by atoms with Crippen LogP contribution in [0.3, 0.4) is 0 Å². The van der Waals surface area contributed by atoms with Crippen molar-refractivity contribution in [3.05, 3.63) is 0 Å². The number of urea groups is 1. The summed E-state index contributed by atoms with van der Waals surface area (Å²) in [5, 5.41) is 2.32. The zero-order chi connectivity index (χ0) is 12.7. The molecule has 3 atom stereocenters. The molecule has 2 heterocycles. The van der Waals surface area contributed by atoms with Crippen LogP contribution in [0.5, 0.6) is 0 Å². The minimum absolute atomic E-state index is 0.222. The van der Waals surface area contributed by atoms with E-state index in [2.05, 4.69) is 42.2 Å². The number of halogens is 2. The lowest BCUT2D eigenvalue weighted by Gasteiger charge is -2.36. The van der Waals surface area contributed by atoms with Gasteiger partial charge in [-0.1, -0.05) is 22.9 Å². The number of amides is 3. The van der Waals surface area contributed by atoms with E-state index in [0.29, 0.717) is 11.3 Å². The summed E-state index contributed by atoms with van der Waals surface area (Å²) < 4.78 is 0.607. The Morgan fingerprint density at radius 2 is 2.18 bits per heavy atom. The van der Waals surface area contributed by atoms with Crippen molar-refractivity contribution in [1.82, 2.24) is 15.1 Å². The Balaban J connectivity index is 2.26. The van der Waals surface area contributed by atoms with E-state index >= 15 is 0 Å². The average Bonchev–Trinajstić information content (AvgIpc) is 2.53. The Morgan fingerprint density at radius 3 is 2.76 bits per heavy atom. The largest absolute Gasteiger partial charge is 0.334 e. The fourth-order valence-corrected chi connectivity index (χ4v) is 2.84. The summed E-state index contributed by atoms with van der Waals surface area (Å²) in [4.78, 5) is 31.1. The zero-order valence-electron chi connectivity index (χ0n) is 9.35. The number of aliphatic imine (C=N–C) groups is 1. The second-order valence-corrected chi connectivity index (χ2v) is 6.37. The zero-order valence-corrected chi connectivity index (χ0v) is 12.5. The Morgan fingerprint density at radius 1 is 1.53 bits per heavy atom. The Labute approximate surface area is 116 Å². The quantitative estimate of drug-likeness (QED) is 0.577. The molecule has 0 aromatic heterocycles. The van der Waals surface area contributed by atoms with Gasteiger partial charge in [0.2, 0.25) is 0 Å². The Hall–Kier alpha value is -0.630. The van der Waals surface area contributed by atoms with Gasteiger partial charge in [-0.05, 0) is 15.9 Å². The van der Waals surface area contributed by atoms with E-state index < -0.39 is 18.2 Å². The van der Waals surface area contributed by atoms with E-state index in [1.165, 1.54) is 4.90 Å². The van der Waals surface area contributed by atoms with Gasteiger partial charge in [-0.3, -0.25) is 10.1 Å². The molecule has 0 spiro atoms. The lowest BCUT2D eigenvalue weighted by atomic mass is 10.1. The Bertz CT molecular complexity index is 398. The van der Waals surface area contributed by atoms with E-state index in [1.54, 1.807) is 7.05 Å². The van der Waals surface area contributed by atoms with E-state index in [-0.39, 0.29) is 10.7 Å². The molecule has 94 valence electrons. The lowest BCUT2D eigenvalue weighted by molar-refractivity contribution is -0.127. The van der Waals surface area contributed by atoms with Gasteiger partial charge in [0.15, 0.2) is 17.0 Å². The van der Waals surface area contributed by atoms with Crippen molar-refractivity contribution >= 4 is 48.5 Å². The standard InChI is InChI=1S/C9H12Br2N4O2/c1-4(10)3-15-5-6(12-8(15)11)14(2)9(17)13-7(5)16/h4-6H,3H2,1-2H3,(H,13,16,17). The molecule has 0 radical (unpaired) electrons. The van der Waals surface area contributed by atoms with Crippen LogP contribution >= 0.6 is 31.9 Å². The normalized spacial score (nSPS) is 30.0. The SMILES string of the molecule is CC(Br)CN1C(Br)=NC2C1C(=O)NC(=O)N2C. The molecule has 1 fully saturated rings. The molecule has 0 aromatic carbocycles. The van der Waals surface area contributed by atoms with Gasteiger partial charge in [-0.25, -0.2) is 9.79 Å². The van der Waals surface area contributed by atoms with Crippen LogP contribution in [0.2, 0.25) is 0 Å². The smallest absolute Gasteiger partial charge is 0.325 e. The van der Waals surface area contributed by atoms with Crippen LogP contribution in [0.15, 0.2) is 4.99 Å². The number of hydrogen-bond donors (Lipinski definition) is 1. The van der Waals surface area contributed by atoms with Crippen molar-refractivity contribution in [3.63, 3.8) is 0 Å². The number of rotatable bonds is 2. The van der Waals surface area contributed by atoms with E-state index in [9.17, 15) is 9.59 Å². The van der Waals surface area contributed by atoms with Gasteiger partial charge in [-0.2, -0.15) is 0 Å². The van der Waals surface area contributed by atoms with Crippen LogP contribution in [-0.4, -0.2) is 57.1 Å². The monoisotopic (exact) mass is 366 g/mol. The number of fused-ring (bicyclic) bond motifs is 1. The van der Waals surface area contributed by atoms with Crippen molar-refractivity contribution in [3.8, 4) is 0 Å². The molecule has 0 saturated carbocycles. The molecule has 0 bridgehead atoms. The van der Waals surface area contributed by atoms with Crippen molar-refractivity contribution in [2.45, 2.75) is 24.0 Å². The highest BCUT2D eigenvalue weighted by atomic mass is 79.9. The molecule has 1 saturated heterocycles. The number of carbonyl (C=O) groups excluding carboxylic acids is 2. The second-order valence-electron chi connectivity index (χ2n) is 4.10. The molecule has 17 heavy (non-hydrogen) atoms. The second kappa shape index (κ2) is 4.56. The lowest BCUT2D eigenvalue weighted by Crippen LogP contribution is -2.63. The summed E-state index contributed by atoms with van der Waals surface area (Å²) in [5.74, 6) is -0.301. The maximum atomic E-state index is 11.9. The fraction of sp³-hybridized carbons (Fsp3) is 0.667. The van der Waals surface area contributed by atoms with Crippen molar-refractivity contribution in [2.24, 2.45) is 4.99 Å². The molecule has 8 heteroatoms. The minimum Gasteiger partial charge on any atom is -0.334 e. The topological polar surface area (TPSA) is 65.0 Å². The van der Waals surface area contributed by atoms with Gasteiger partial charge in [0.1, 0.15) is 0 Å². The van der Waals surface area contributed by atoms with Crippen LogP contribution in [0.4, 0.5) is 4.79 Å². The Kier molecular flexibility index (Phi) is 3.44. The predicted octanol–water partition coefficient (Wildman–Crippen LogP) is 0.713. The molecule has 1 N–H and O–H groups in total. The average molecular weight is 368 g/mol. The number of imide groups is 1. The fourth-order valence-electron chi connectivity index (χ4n) is 1.95. The van der Waals surface area contributed by atoms with Crippen molar-refractivity contribution < 1.29 is 9.59 Å². The number of likely N-dealkylation sites (N-methyl/N-ethyl adjacent to an activating group) is 1. The molecule has 2 aliphatic heterocycles. The summed E-state index contributed by atoms with van der Waals surface area (Å²) in [6, 6.07) is -0.860. The number of hydrogen-bond acceptors (Lipinski definition) is 4. The summed E-state index contributed by atoms with van der Waals surface area (Å²) in [6.45, 7) is 2.63. The van der Waals surface area contributed by atoms with Gasteiger partial charge in [0, 0.05) is 18.4 Å². The van der Waals surface area contributed by atoms with Gasteiger partial charge in [0.25, 0.3) is 5.91 Å². The number of nitrogens with zero attached hydrogens (tertiary/aromatic N) is 3. The molecule has 2 rings (SSSR count). The first-order valence-electron chi connectivity index (χ1n) is 5.13. The number of carbonyl (C=O) groups is 2. The highest BCUT2D eigenvalue weighted by Gasteiger charge is 2.47. The predicted molar refractivity (Wildman–Crippen MR) is 70.3 cm³/mol. The van der Waals surface area contributed by atoms with Crippen LogP contribution < -0.4 is 5.32 Å². The van der Waals surface area contributed by atoms with Crippen LogP contribution in [0, 0.1) is 0 Å². The number of nitrogens with one attached hydrogen (secondary N) is 1. The molecular weight excluding hydrogens is 356 g/mol. The molecule has 0 aromatic rings. The van der Waals surface area contributed by atoms with Crippen molar-refractivity contribution in [1.29, 1.82) is 0 Å². The first kappa shape index (κ1) is 12.8. The molecule has 2 aliphatic rings. The van der Waals surface area contributed by atoms with Gasteiger partial charge in [0.05, 0.1) is 0 Å². The van der Waals surface area contributed by atoms with E-state index in [0.717, 1.165) is 0 Å². The third-order valence-corrected chi connectivity index (χ3v) is 3.71. The minimum atomic E-state index is -0.452. The number of alkyl halides is 1. The molecule has 6 nitrogen and oxygen atoms in total. The maximum Gasteiger partial charge on any atom is 0.325 e. The van der Waals surface area contributed by atoms with Crippen molar-refractivity contribution in [2.75, 3.05) is 13.6 Å². The highest BCUT2D eigenvalue weighted by molar-refractivity contribution is 9.18. The summed E-state index contributed by atoms with van der Waals surface area (Å²) in [6.07, 6.45) is -0.447. The van der Waals surface area contributed by atoms with Gasteiger partial charge in [-0.15, -0.1) is 0 Å². The van der Waals surface area contributed by atoms with E-state index in [1.807, 2.05) is 11.8 Å². The maximum absolute atomic E-state index is 11.9. The number of amidine groups is 1. The molecule has 3 unspecified atom stereocenters. The van der Waals surface area contributed by atoms with E-state index in [4.69, 9.17) is 0 Å². The first-order chi connectivity index (χ1) is 7.91. The van der Waals surface area contributed by atoms with Crippen LogP contribution in [0.25, 0.3) is 0 Å².